The van der Waals surface area contributed by atoms with Crippen molar-refractivity contribution in [2.75, 3.05) is 0 Å². The van der Waals surface area contributed by atoms with Crippen LogP contribution in [0.4, 0.5) is 0 Å². The molecule has 65 heavy (non-hydrogen) atoms. The van der Waals surface area contributed by atoms with Crippen LogP contribution in [0.1, 0.15) is 50.7 Å². The summed E-state index contributed by atoms with van der Waals surface area (Å²) < 4.78 is 27.6. The number of benzene rings is 6. The molecule has 0 bridgehead atoms. The molecule has 0 fully saturated rings. The number of nitrogens with zero attached hydrogens (tertiary/aromatic N) is 6. The lowest BCUT2D eigenvalue weighted by Gasteiger charge is -2.15. The van der Waals surface area contributed by atoms with Gasteiger partial charge in [-0.25, -0.2) is 24.9 Å². The fourth-order valence-corrected chi connectivity index (χ4v) is 8.07. The van der Waals surface area contributed by atoms with Gasteiger partial charge in [-0.1, -0.05) is 100 Å². The minimum atomic E-state index is 0.275. The molecule has 0 saturated heterocycles. The highest BCUT2D eigenvalue weighted by Gasteiger charge is 2.18. The van der Waals surface area contributed by atoms with Crippen molar-refractivity contribution in [1.82, 2.24) is 29.5 Å². The largest absolute Gasteiger partial charge is 0.457 e. The molecule has 10 nitrogen and oxygen atoms in total. The van der Waals surface area contributed by atoms with Gasteiger partial charge in [0.15, 0.2) is 0 Å². The highest BCUT2D eigenvalue weighted by atomic mass is 16.5. The summed E-state index contributed by atoms with van der Waals surface area (Å²) in [4.78, 5) is 22.5. The molecular weight excluding hydrogens is 809 g/mol. The van der Waals surface area contributed by atoms with Crippen LogP contribution in [0.3, 0.4) is 0 Å². The van der Waals surface area contributed by atoms with Gasteiger partial charge in [-0.05, 0) is 82.6 Å². The Morgan fingerprint density at radius 1 is 0.400 bits per heavy atom. The monoisotopic (exact) mass is 852 g/mol. The zero-order valence-corrected chi connectivity index (χ0v) is 36.3. The number of hydrogen-bond acceptors (Lipinski definition) is 9. The van der Waals surface area contributed by atoms with Crippen molar-refractivity contribution in [3.8, 4) is 74.5 Å². The van der Waals surface area contributed by atoms with Gasteiger partial charge in [0.1, 0.15) is 47.2 Å². The van der Waals surface area contributed by atoms with Gasteiger partial charge in [0.2, 0.25) is 17.7 Å². The molecule has 0 spiro atoms. The molecule has 0 aliphatic carbocycles. The Bertz CT molecular complexity index is 3080. The van der Waals surface area contributed by atoms with E-state index in [1.807, 2.05) is 150 Å². The van der Waals surface area contributed by atoms with Crippen molar-refractivity contribution in [2.45, 2.75) is 39.5 Å². The van der Waals surface area contributed by atoms with Gasteiger partial charge < -0.3 is 18.9 Å². The Morgan fingerprint density at radius 2 is 0.815 bits per heavy atom. The van der Waals surface area contributed by atoms with Gasteiger partial charge in [0.25, 0.3) is 0 Å². The van der Waals surface area contributed by atoms with E-state index < -0.39 is 0 Å². The lowest BCUT2D eigenvalue weighted by Crippen LogP contribution is -2.01. The third-order valence-electron chi connectivity index (χ3n) is 11.2. The number of aromatic nitrogens is 6. The van der Waals surface area contributed by atoms with E-state index in [1.165, 1.54) is 12.7 Å². The van der Waals surface area contributed by atoms with Crippen LogP contribution in [-0.2, 0) is 0 Å². The molecule has 10 rings (SSSR count). The third-order valence-corrected chi connectivity index (χ3v) is 11.2. The maximum Gasteiger partial charge on any atom is 0.237 e. The SMILES string of the molecule is CC(C)c1cc(Oc2cccc(Oc3ccc4c5ccc(Oc6cccc(Oc7cc(C(C)C)c(-c8ccccc8)cn7)c6)cc5n(-c5ncncn5)c4c3)c2)ncc1-c1ccccc1. The van der Waals surface area contributed by atoms with Crippen molar-refractivity contribution in [1.29, 1.82) is 0 Å². The first-order chi connectivity index (χ1) is 31.8. The second-order valence-electron chi connectivity index (χ2n) is 16.3. The van der Waals surface area contributed by atoms with E-state index in [1.54, 1.807) is 0 Å². The lowest BCUT2D eigenvalue weighted by atomic mass is 9.94. The van der Waals surface area contributed by atoms with Crippen LogP contribution in [0.15, 0.2) is 183 Å². The maximum absolute atomic E-state index is 6.48. The third kappa shape index (κ3) is 8.70. The van der Waals surface area contributed by atoms with Crippen LogP contribution in [0.25, 0.3) is 50.0 Å². The Morgan fingerprint density at radius 3 is 1.25 bits per heavy atom. The molecule has 10 aromatic rings. The van der Waals surface area contributed by atoms with Gasteiger partial charge in [-0.2, -0.15) is 0 Å². The molecule has 0 saturated carbocycles. The molecular formula is C55H44N6O4. The number of hydrogen-bond donors (Lipinski definition) is 0. The molecule has 0 unspecified atom stereocenters. The molecule has 0 radical (unpaired) electrons. The average Bonchev–Trinajstić information content (AvgIpc) is 3.65. The first-order valence-electron chi connectivity index (χ1n) is 21.6. The summed E-state index contributed by atoms with van der Waals surface area (Å²) in [6.07, 6.45) is 6.74. The predicted molar refractivity (Wildman–Crippen MR) is 255 cm³/mol. The summed E-state index contributed by atoms with van der Waals surface area (Å²) in [5.74, 6) is 5.71. The highest BCUT2D eigenvalue weighted by molar-refractivity contribution is 6.09. The Hall–Kier alpha value is -8.37. The minimum Gasteiger partial charge on any atom is -0.457 e. The number of pyridine rings is 2. The average molecular weight is 853 g/mol. The fourth-order valence-electron chi connectivity index (χ4n) is 8.07. The van der Waals surface area contributed by atoms with E-state index in [4.69, 9.17) is 18.9 Å². The quantitative estimate of drug-likeness (QED) is 0.112. The predicted octanol–water partition coefficient (Wildman–Crippen LogP) is 14.5. The Kier molecular flexibility index (Phi) is 11.1. The van der Waals surface area contributed by atoms with Crippen molar-refractivity contribution < 1.29 is 18.9 Å². The highest BCUT2D eigenvalue weighted by Crippen LogP contribution is 2.39. The molecule has 0 amide bonds. The van der Waals surface area contributed by atoms with E-state index in [0.717, 1.165) is 55.2 Å². The summed E-state index contributed by atoms with van der Waals surface area (Å²) in [7, 11) is 0. The zero-order valence-electron chi connectivity index (χ0n) is 36.3. The summed E-state index contributed by atoms with van der Waals surface area (Å²) in [5, 5.41) is 1.98. The summed E-state index contributed by atoms with van der Waals surface area (Å²) in [5.41, 5.74) is 8.44. The number of ether oxygens (including phenoxy) is 4. The fraction of sp³-hybridized carbons (Fsp3) is 0.109. The van der Waals surface area contributed by atoms with Crippen LogP contribution in [0, 0.1) is 0 Å². The van der Waals surface area contributed by atoms with Gasteiger partial charge in [-0.15, -0.1) is 0 Å². The topological polar surface area (TPSA) is 106 Å². The van der Waals surface area contributed by atoms with Crippen LogP contribution in [0.2, 0.25) is 0 Å². The van der Waals surface area contributed by atoms with Crippen LogP contribution >= 0.6 is 0 Å². The molecule has 0 N–H and O–H groups in total. The molecule has 4 heterocycles. The standard InChI is InChI=1S/C55H44N6O4/c1-35(2)47-29-53(57-31-49(47)37-13-7-5-8-14-37)64-41-19-11-17-39(25-41)62-43-21-23-45-46-24-22-44(28-52(46)61(51(45)27-43)55-59-33-56-34-60-55)63-40-18-12-20-42(26-40)65-54-30-48(36(3)4)50(32-58-54)38-15-9-6-10-16-38/h5-36H,1-4H3. The first kappa shape index (κ1) is 40.7. The van der Waals surface area contributed by atoms with Gasteiger partial charge >= 0.3 is 0 Å². The summed E-state index contributed by atoms with van der Waals surface area (Å²) in [6.45, 7) is 8.70. The Labute approximate surface area is 376 Å². The smallest absolute Gasteiger partial charge is 0.237 e. The molecule has 0 aliphatic heterocycles. The Balaban J connectivity index is 0.914. The van der Waals surface area contributed by atoms with Gasteiger partial charge in [0.05, 0.1) is 11.0 Å². The van der Waals surface area contributed by atoms with E-state index in [2.05, 4.69) is 76.9 Å². The lowest BCUT2D eigenvalue weighted by molar-refractivity contribution is 0.448. The first-order valence-corrected chi connectivity index (χ1v) is 21.6. The van der Waals surface area contributed by atoms with Crippen molar-refractivity contribution in [3.63, 3.8) is 0 Å². The molecule has 318 valence electrons. The molecule has 4 aromatic heterocycles. The molecule has 10 heteroatoms. The van der Waals surface area contributed by atoms with E-state index in [9.17, 15) is 0 Å². The van der Waals surface area contributed by atoms with Crippen molar-refractivity contribution in [3.05, 3.63) is 194 Å². The van der Waals surface area contributed by atoms with E-state index in [0.29, 0.717) is 52.2 Å². The maximum atomic E-state index is 6.48. The number of fused-ring (bicyclic) bond motifs is 3. The normalized spacial score (nSPS) is 11.4. The van der Waals surface area contributed by atoms with Crippen molar-refractivity contribution >= 4 is 21.8 Å². The zero-order chi connectivity index (χ0) is 44.3. The van der Waals surface area contributed by atoms with Crippen LogP contribution in [0.5, 0.6) is 46.3 Å². The van der Waals surface area contributed by atoms with Gasteiger partial charge in [0, 0.05) is 70.7 Å². The summed E-state index contributed by atoms with van der Waals surface area (Å²) in [6, 6.07) is 51.7. The second-order valence-corrected chi connectivity index (χ2v) is 16.3. The van der Waals surface area contributed by atoms with E-state index >= 15 is 0 Å². The number of rotatable bonds is 13. The molecule has 6 aromatic carbocycles. The van der Waals surface area contributed by atoms with E-state index in [-0.39, 0.29) is 11.8 Å². The van der Waals surface area contributed by atoms with Gasteiger partial charge in [-0.3, -0.25) is 4.57 Å². The molecule has 0 atom stereocenters. The van der Waals surface area contributed by atoms with Crippen molar-refractivity contribution in [2.24, 2.45) is 0 Å². The second kappa shape index (κ2) is 17.8. The summed E-state index contributed by atoms with van der Waals surface area (Å²) >= 11 is 0. The molecule has 0 aliphatic rings. The minimum absolute atomic E-state index is 0.275. The van der Waals surface area contributed by atoms with Crippen LogP contribution < -0.4 is 18.9 Å². The van der Waals surface area contributed by atoms with Crippen LogP contribution in [-0.4, -0.2) is 29.5 Å².